The number of benzene rings is 1. The van der Waals surface area contributed by atoms with E-state index in [1.165, 1.54) is 6.07 Å². The van der Waals surface area contributed by atoms with Crippen LogP contribution in [0.3, 0.4) is 0 Å². The van der Waals surface area contributed by atoms with Crippen molar-refractivity contribution in [3.8, 4) is 0 Å². The van der Waals surface area contributed by atoms with Crippen LogP contribution in [0.25, 0.3) is 0 Å². The molecule has 6 heteroatoms. The molecule has 21 heavy (non-hydrogen) atoms. The maximum atomic E-state index is 14.3. The molecule has 4 N–H and O–H groups in total. The van der Waals surface area contributed by atoms with Crippen molar-refractivity contribution in [3.63, 3.8) is 0 Å². The van der Waals surface area contributed by atoms with Crippen LogP contribution in [0.2, 0.25) is 5.02 Å². The zero-order chi connectivity index (χ0) is 16.0. The highest BCUT2D eigenvalue weighted by Gasteiger charge is 2.19. The lowest BCUT2D eigenvalue weighted by Gasteiger charge is -2.27. The number of rotatable bonds is 8. The van der Waals surface area contributed by atoms with Gasteiger partial charge in [-0.3, -0.25) is 0 Å². The summed E-state index contributed by atoms with van der Waals surface area (Å²) in [5, 5.41) is -0.0543. The Balaban J connectivity index is 2.84. The first-order valence-corrected chi connectivity index (χ1v) is 7.84. The minimum absolute atomic E-state index is 0.0543. The predicted molar refractivity (Wildman–Crippen MR) is 90.5 cm³/mol. The van der Waals surface area contributed by atoms with E-state index in [2.05, 4.69) is 18.7 Å². The normalized spacial score (nSPS) is 11.1. The Morgan fingerprint density at radius 3 is 2.19 bits per heavy atom. The topological polar surface area (TPSA) is 58.5 Å². The Hall–Kier alpha value is -1.20. The predicted octanol–water partition coefficient (Wildman–Crippen LogP) is 3.20. The molecule has 0 amide bonds. The smallest absolute Gasteiger partial charge is 0.169 e. The summed E-state index contributed by atoms with van der Waals surface area (Å²) in [6, 6.07) is 1.52. The second kappa shape index (κ2) is 8.29. The van der Waals surface area contributed by atoms with Crippen LogP contribution in [0, 0.1) is 5.82 Å². The van der Waals surface area contributed by atoms with Gasteiger partial charge in [-0.2, -0.15) is 0 Å². The zero-order valence-corrected chi connectivity index (χ0v) is 13.9. The first kappa shape index (κ1) is 17.9. The van der Waals surface area contributed by atoms with Gasteiger partial charge in [0.25, 0.3) is 0 Å². The lowest BCUT2D eigenvalue weighted by atomic mass is 10.2. The molecule has 0 aliphatic rings. The molecule has 0 aromatic heterocycles. The van der Waals surface area contributed by atoms with Crippen molar-refractivity contribution >= 4 is 28.7 Å². The third-order valence-corrected chi connectivity index (χ3v) is 4.12. The maximum Gasteiger partial charge on any atom is 0.169 e. The number of hydrogen-bond acceptors (Lipinski definition) is 4. The largest absolute Gasteiger partial charge is 0.397 e. The molecule has 0 aliphatic heterocycles. The number of nitrogens with zero attached hydrogens (tertiary/aromatic N) is 2. The fourth-order valence-corrected chi connectivity index (χ4v) is 2.58. The van der Waals surface area contributed by atoms with Gasteiger partial charge in [0, 0.05) is 13.1 Å². The van der Waals surface area contributed by atoms with Crippen molar-refractivity contribution < 1.29 is 4.39 Å². The molecule has 0 unspecified atom stereocenters. The molecule has 0 fully saturated rings. The fourth-order valence-electron chi connectivity index (χ4n) is 2.43. The summed E-state index contributed by atoms with van der Waals surface area (Å²) < 4.78 is 14.3. The molecule has 1 aromatic rings. The molecular weight excluding hydrogens is 291 g/mol. The van der Waals surface area contributed by atoms with Crippen molar-refractivity contribution in [1.82, 2.24) is 4.90 Å². The van der Waals surface area contributed by atoms with Gasteiger partial charge in [0.05, 0.1) is 17.1 Å². The molecule has 1 aromatic carbocycles. The van der Waals surface area contributed by atoms with Crippen LogP contribution in [0.5, 0.6) is 0 Å². The van der Waals surface area contributed by atoms with Crippen molar-refractivity contribution in [3.05, 3.63) is 16.9 Å². The maximum absolute atomic E-state index is 14.3. The molecule has 0 saturated heterocycles. The van der Waals surface area contributed by atoms with Crippen molar-refractivity contribution in [2.45, 2.75) is 27.2 Å². The van der Waals surface area contributed by atoms with Crippen LogP contribution in [-0.2, 0) is 0 Å². The standard InChI is InChI=1S/C15H26ClFN4/c1-4-20(5-2)8-7-9-21(6-3)15-12(19)10-11(18)13(16)14(15)17/h10H,4-9,18-19H2,1-3H3. The van der Waals surface area contributed by atoms with Crippen LogP contribution >= 0.6 is 11.6 Å². The zero-order valence-electron chi connectivity index (χ0n) is 13.1. The molecule has 4 nitrogen and oxygen atoms in total. The first-order valence-electron chi connectivity index (χ1n) is 7.46. The van der Waals surface area contributed by atoms with Crippen LogP contribution in [0.1, 0.15) is 27.2 Å². The Labute approximate surface area is 131 Å². The minimum atomic E-state index is -0.529. The molecule has 0 heterocycles. The monoisotopic (exact) mass is 316 g/mol. The third-order valence-electron chi connectivity index (χ3n) is 3.73. The average Bonchev–Trinajstić information content (AvgIpc) is 2.47. The Bertz CT molecular complexity index is 463. The third kappa shape index (κ3) is 4.38. The van der Waals surface area contributed by atoms with Crippen molar-refractivity contribution in [1.29, 1.82) is 0 Å². The Kier molecular flexibility index (Phi) is 7.05. The van der Waals surface area contributed by atoms with Gasteiger partial charge in [-0.15, -0.1) is 0 Å². The molecule has 0 radical (unpaired) electrons. The van der Waals surface area contributed by atoms with E-state index in [0.29, 0.717) is 17.9 Å². The van der Waals surface area contributed by atoms with Crippen LogP contribution in [-0.4, -0.2) is 37.6 Å². The van der Waals surface area contributed by atoms with E-state index in [1.54, 1.807) is 0 Å². The summed E-state index contributed by atoms with van der Waals surface area (Å²) in [7, 11) is 0. The Morgan fingerprint density at radius 1 is 1.05 bits per heavy atom. The van der Waals surface area contributed by atoms with Gasteiger partial charge in [-0.05, 0) is 39.0 Å². The number of anilines is 3. The van der Waals surface area contributed by atoms with Gasteiger partial charge in [0.15, 0.2) is 5.82 Å². The van der Waals surface area contributed by atoms with Crippen molar-refractivity contribution in [2.24, 2.45) is 0 Å². The number of hydrogen-bond donors (Lipinski definition) is 2. The number of nitrogen functional groups attached to an aromatic ring is 2. The minimum Gasteiger partial charge on any atom is -0.397 e. The van der Waals surface area contributed by atoms with E-state index in [0.717, 1.165) is 32.6 Å². The lowest BCUT2D eigenvalue weighted by Crippen LogP contribution is -2.31. The van der Waals surface area contributed by atoms with Gasteiger partial charge < -0.3 is 21.3 Å². The Morgan fingerprint density at radius 2 is 1.67 bits per heavy atom. The molecule has 0 spiro atoms. The highest BCUT2D eigenvalue weighted by Crippen LogP contribution is 2.36. The summed E-state index contributed by atoms with van der Waals surface area (Å²) in [5.41, 5.74) is 12.4. The van der Waals surface area contributed by atoms with Gasteiger partial charge in [0.1, 0.15) is 5.02 Å². The second-order valence-corrected chi connectivity index (χ2v) is 5.37. The van der Waals surface area contributed by atoms with Gasteiger partial charge in [-0.1, -0.05) is 25.4 Å². The molecule has 0 atom stereocenters. The van der Waals surface area contributed by atoms with Gasteiger partial charge >= 0.3 is 0 Å². The fraction of sp³-hybridized carbons (Fsp3) is 0.600. The second-order valence-electron chi connectivity index (χ2n) is 4.99. The van der Waals surface area contributed by atoms with Crippen LogP contribution < -0.4 is 16.4 Å². The van der Waals surface area contributed by atoms with Gasteiger partial charge in [-0.25, -0.2) is 4.39 Å². The highest BCUT2D eigenvalue weighted by atomic mass is 35.5. The molecule has 0 bridgehead atoms. The van der Waals surface area contributed by atoms with Crippen LogP contribution in [0.4, 0.5) is 21.5 Å². The van der Waals surface area contributed by atoms with E-state index >= 15 is 0 Å². The summed E-state index contributed by atoms with van der Waals surface area (Å²) >= 11 is 5.89. The number of halogens is 2. The SMILES string of the molecule is CCN(CC)CCCN(CC)c1c(N)cc(N)c(Cl)c1F. The van der Waals surface area contributed by atoms with E-state index in [9.17, 15) is 4.39 Å². The summed E-state index contributed by atoms with van der Waals surface area (Å²) in [4.78, 5) is 4.25. The summed E-state index contributed by atoms with van der Waals surface area (Å²) in [6.45, 7) is 10.7. The highest BCUT2D eigenvalue weighted by molar-refractivity contribution is 6.33. The van der Waals surface area contributed by atoms with Gasteiger partial charge in [0.2, 0.25) is 0 Å². The van der Waals surface area contributed by atoms with E-state index in [4.69, 9.17) is 23.1 Å². The first-order chi connectivity index (χ1) is 9.96. The molecule has 0 aliphatic carbocycles. The summed E-state index contributed by atoms with van der Waals surface area (Å²) in [6.07, 6.45) is 0.941. The summed E-state index contributed by atoms with van der Waals surface area (Å²) in [5.74, 6) is -0.529. The van der Waals surface area contributed by atoms with Crippen LogP contribution in [0.15, 0.2) is 6.07 Å². The molecular formula is C15H26ClFN4. The quantitative estimate of drug-likeness (QED) is 0.723. The molecule has 120 valence electrons. The van der Waals surface area contributed by atoms with Crippen molar-refractivity contribution in [2.75, 3.05) is 49.1 Å². The molecule has 1 rings (SSSR count). The lowest BCUT2D eigenvalue weighted by molar-refractivity contribution is 0.300. The van der Waals surface area contributed by atoms with E-state index in [1.807, 2.05) is 11.8 Å². The van der Waals surface area contributed by atoms with E-state index < -0.39 is 5.82 Å². The number of nitrogens with two attached hydrogens (primary N) is 2. The average molecular weight is 317 g/mol. The van der Waals surface area contributed by atoms with E-state index in [-0.39, 0.29) is 10.7 Å². The molecule has 0 saturated carbocycles.